The highest BCUT2D eigenvalue weighted by Gasteiger charge is 2.27. The van der Waals surface area contributed by atoms with E-state index in [9.17, 15) is 4.79 Å². The van der Waals surface area contributed by atoms with E-state index in [4.69, 9.17) is 13.9 Å². The fourth-order valence-corrected chi connectivity index (χ4v) is 4.40. The molecule has 0 spiro atoms. The minimum atomic E-state index is -0.0838. The summed E-state index contributed by atoms with van der Waals surface area (Å²) in [5.41, 5.74) is 2.63. The van der Waals surface area contributed by atoms with Crippen molar-refractivity contribution in [1.29, 1.82) is 0 Å². The zero-order valence-electron chi connectivity index (χ0n) is 19.3. The van der Waals surface area contributed by atoms with E-state index in [1.54, 1.807) is 7.11 Å². The predicted octanol–water partition coefficient (Wildman–Crippen LogP) is 5.37. The number of carbonyl (C=O) groups is 1. The predicted molar refractivity (Wildman–Crippen MR) is 133 cm³/mol. The Morgan fingerprint density at radius 3 is 2.41 bits per heavy atom. The first-order chi connectivity index (χ1) is 16.7. The molecular weight excluding hydrogens is 428 g/mol. The van der Waals surface area contributed by atoms with Crippen molar-refractivity contribution in [3.63, 3.8) is 0 Å². The Hall–Kier alpha value is -3.93. The molecule has 0 atom stereocenters. The van der Waals surface area contributed by atoms with Crippen LogP contribution in [0.2, 0.25) is 0 Å². The summed E-state index contributed by atoms with van der Waals surface area (Å²) >= 11 is 0. The first-order valence-electron chi connectivity index (χ1n) is 11.6. The molecule has 6 heteroatoms. The standard InChI is InChI=1S/C28H28N2O4/c1-32-22-14-12-21(13-15-22)29-16-7-17-30(19-18-29)28(31)27-25(20-33-23-8-3-2-4-9-23)24-10-5-6-11-26(24)34-27/h2-6,8-15H,7,16-20H2,1H3. The van der Waals surface area contributed by atoms with Gasteiger partial charge in [-0.1, -0.05) is 36.4 Å². The Labute approximate surface area is 199 Å². The third kappa shape index (κ3) is 4.57. The van der Waals surface area contributed by atoms with Gasteiger partial charge in [0, 0.05) is 42.8 Å². The SMILES string of the molecule is COc1ccc(N2CCCN(C(=O)c3oc4ccccc4c3COc3ccccc3)CC2)cc1. The number of carbonyl (C=O) groups excluding carboxylic acids is 1. The Morgan fingerprint density at radius 2 is 1.62 bits per heavy atom. The van der Waals surface area contributed by atoms with Crippen molar-refractivity contribution in [2.45, 2.75) is 13.0 Å². The van der Waals surface area contributed by atoms with Crippen LogP contribution in [-0.4, -0.2) is 44.1 Å². The van der Waals surface area contributed by atoms with E-state index in [1.165, 1.54) is 0 Å². The third-order valence-corrected chi connectivity index (χ3v) is 6.24. The number of nitrogens with zero attached hydrogens (tertiary/aromatic N) is 2. The molecule has 6 nitrogen and oxygen atoms in total. The number of hydrogen-bond donors (Lipinski definition) is 0. The normalized spacial score (nSPS) is 14.1. The van der Waals surface area contributed by atoms with Crippen LogP contribution in [0.25, 0.3) is 11.0 Å². The maximum absolute atomic E-state index is 13.6. The zero-order valence-corrected chi connectivity index (χ0v) is 19.3. The molecule has 1 saturated heterocycles. The summed E-state index contributed by atoms with van der Waals surface area (Å²) in [6, 6.07) is 25.4. The van der Waals surface area contributed by atoms with Gasteiger partial charge in [0.05, 0.1) is 7.11 Å². The van der Waals surface area contributed by atoms with Crippen molar-refractivity contribution >= 4 is 22.6 Å². The molecule has 0 bridgehead atoms. The quantitative estimate of drug-likeness (QED) is 0.390. The number of hydrogen-bond acceptors (Lipinski definition) is 5. The number of rotatable bonds is 6. The summed E-state index contributed by atoms with van der Waals surface area (Å²) in [5, 5.41) is 0.913. The number of ether oxygens (including phenoxy) is 2. The van der Waals surface area contributed by atoms with E-state index in [-0.39, 0.29) is 12.5 Å². The van der Waals surface area contributed by atoms with Gasteiger partial charge >= 0.3 is 0 Å². The highest BCUT2D eigenvalue weighted by Crippen LogP contribution is 2.29. The second-order valence-electron chi connectivity index (χ2n) is 8.34. The lowest BCUT2D eigenvalue weighted by molar-refractivity contribution is 0.0733. The minimum Gasteiger partial charge on any atom is -0.497 e. The lowest BCUT2D eigenvalue weighted by Crippen LogP contribution is -2.35. The molecular formula is C28H28N2O4. The molecule has 0 saturated carbocycles. The molecule has 0 unspecified atom stereocenters. The lowest BCUT2D eigenvalue weighted by Gasteiger charge is -2.23. The molecule has 3 aromatic carbocycles. The minimum absolute atomic E-state index is 0.0838. The number of anilines is 1. The molecule has 1 aromatic heterocycles. The number of methoxy groups -OCH3 is 1. The highest BCUT2D eigenvalue weighted by molar-refractivity contribution is 5.99. The van der Waals surface area contributed by atoms with Gasteiger partial charge in [-0.25, -0.2) is 0 Å². The van der Waals surface area contributed by atoms with Gasteiger partial charge in [0.25, 0.3) is 5.91 Å². The van der Waals surface area contributed by atoms with Crippen LogP contribution in [0.4, 0.5) is 5.69 Å². The van der Waals surface area contributed by atoms with E-state index < -0.39 is 0 Å². The van der Waals surface area contributed by atoms with Crippen molar-refractivity contribution < 1.29 is 18.7 Å². The van der Waals surface area contributed by atoms with Gasteiger partial charge in [0.15, 0.2) is 5.76 Å². The van der Waals surface area contributed by atoms with Crippen molar-refractivity contribution in [3.05, 3.63) is 90.2 Å². The second-order valence-corrected chi connectivity index (χ2v) is 8.34. The number of amides is 1. The molecule has 5 rings (SSSR count). The van der Waals surface area contributed by atoms with Gasteiger partial charge in [-0.15, -0.1) is 0 Å². The molecule has 1 aliphatic heterocycles. The summed E-state index contributed by atoms with van der Waals surface area (Å²) in [7, 11) is 1.67. The van der Waals surface area contributed by atoms with E-state index in [2.05, 4.69) is 17.0 Å². The van der Waals surface area contributed by atoms with Gasteiger partial charge in [0.1, 0.15) is 23.7 Å². The molecule has 0 aliphatic carbocycles. The Kier molecular flexibility index (Phi) is 6.38. The second kappa shape index (κ2) is 9.91. The zero-order chi connectivity index (χ0) is 23.3. The van der Waals surface area contributed by atoms with E-state index in [1.807, 2.05) is 71.6 Å². The monoisotopic (exact) mass is 456 g/mol. The summed E-state index contributed by atoms with van der Waals surface area (Å²) in [4.78, 5) is 17.8. The average molecular weight is 457 g/mol. The highest BCUT2D eigenvalue weighted by atomic mass is 16.5. The maximum atomic E-state index is 13.6. The number of furan rings is 1. The van der Waals surface area contributed by atoms with Crippen LogP contribution in [0.5, 0.6) is 11.5 Å². The first-order valence-corrected chi connectivity index (χ1v) is 11.6. The van der Waals surface area contributed by atoms with E-state index in [0.29, 0.717) is 24.4 Å². The largest absolute Gasteiger partial charge is 0.497 e. The van der Waals surface area contributed by atoms with Gasteiger partial charge in [0.2, 0.25) is 0 Å². The van der Waals surface area contributed by atoms with Crippen LogP contribution < -0.4 is 14.4 Å². The average Bonchev–Trinajstić information content (AvgIpc) is 3.08. The van der Waals surface area contributed by atoms with E-state index in [0.717, 1.165) is 47.6 Å². The first kappa shape index (κ1) is 21.9. The van der Waals surface area contributed by atoms with Crippen molar-refractivity contribution in [3.8, 4) is 11.5 Å². The fourth-order valence-electron chi connectivity index (χ4n) is 4.40. The molecule has 34 heavy (non-hydrogen) atoms. The van der Waals surface area contributed by atoms with Gasteiger partial charge in [-0.2, -0.15) is 0 Å². The van der Waals surface area contributed by atoms with Crippen LogP contribution >= 0.6 is 0 Å². The van der Waals surface area contributed by atoms with Gasteiger partial charge in [-0.05, 0) is 48.9 Å². The van der Waals surface area contributed by atoms with Gasteiger partial charge in [-0.3, -0.25) is 4.79 Å². The number of benzene rings is 3. The third-order valence-electron chi connectivity index (χ3n) is 6.24. The number of fused-ring (bicyclic) bond motifs is 1. The Balaban J connectivity index is 1.35. The molecule has 174 valence electrons. The lowest BCUT2D eigenvalue weighted by atomic mass is 10.1. The Morgan fingerprint density at radius 1 is 0.853 bits per heavy atom. The molecule has 4 aromatic rings. The molecule has 0 N–H and O–H groups in total. The van der Waals surface area contributed by atoms with Crippen LogP contribution in [0.15, 0.2) is 83.3 Å². The molecule has 0 radical (unpaired) electrons. The summed E-state index contributed by atoms with van der Waals surface area (Å²) < 4.78 is 17.4. The van der Waals surface area contributed by atoms with Crippen LogP contribution in [0.3, 0.4) is 0 Å². The molecule has 2 heterocycles. The summed E-state index contributed by atoms with van der Waals surface area (Å²) in [5.74, 6) is 1.89. The molecule has 1 aliphatic rings. The van der Waals surface area contributed by atoms with Crippen LogP contribution in [0.1, 0.15) is 22.5 Å². The molecule has 1 fully saturated rings. The molecule has 1 amide bonds. The Bertz CT molecular complexity index is 1250. The van der Waals surface area contributed by atoms with Crippen molar-refractivity contribution in [1.82, 2.24) is 4.90 Å². The topological polar surface area (TPSA) is 55.2 Å². The number of para-hydroxylation sites is 2. The fraction of sp³-hybridized carbons (Fsp3) is 0.250. The summed E-state index contributed by atoms with van der Waals surface area (Å²) in [6.45, 7) is 3.23. The van der Waals surface area contributed by atoms with Crippen LogP contribution in [0, 0.1) is 0 Å². The van der Waals surface area contributed by atoms with Gasteiger partial charge < -0.3 is 23.7 Å². The van der Waals surface area contributed by atoms with Crippen LogP contribution in [-0.2, 0) is 6.61 Å². The van der Waals surface area contributed by atoms with E-state index >= 15 is 0 Å². The maximum Gasteiger partial charge on any atom is 0.290 e. The van der Waals surface area contributed by atoms with Crippen molar-refractivity contribution in [2.24, 2.45) is 0 Å². The smallest absolute Gasteiger partial charge is 0.290 e. The van der Waals surface area contributed by atoms with Crippen molar-refractivity contribution in [2.75, 3.05) is 38.2 Å². The summed E-state index contributed by atoms with van der Waals surface area (Å²) in [6.07, 6.45) is 0.883.